The normalized spacial score (nSPS) is 12.6. The van der Waals surface area contributed by atoms with Crippen molar-refractivity contribution in [3.8, 4) is 6.07 Å². The maximum absolute atomic E-state index is 11.8. The third-order valence-corrected chi connectivity index (χ3v) is 2.63. The molecule has 4 heteroatoms. The second kappa shape index (κ2) is 8.04. The number of esters is 1. The molecule has 0 heterocycles. The van der Waals surface area contributed by atoms with Gasteiger partial charge in [-0.3, -0.25) is 4.99 Å². The molecule has 4 nitrogen and oxygen atoms in total. The molecule has 1 atom stereocenters. The molecule has 0 saturated heterocycles. The van der Waals surface area contributed by atoms with Gasteiger partial charge in [0.25, 0.3) is 0 Å². The third-order valence-electron chi connectivity index (χ3n) is 2.63. The van der Waals surface area contributed by atoms with Gasteiger partial charge in [0.1, 0.15) is 6.04 Å². The highest BCUT2D eigenvalue weighted by Gasteiger charge is 2.18. The minimum Gasteiger partial charge on any atom is -0.464 e. The van der Waals surface area contributed by atoms with E-state index in [0.717, 1.165) is 11.3 Å². The number of nitriles is 1. The summed E-state index contributed by atoms with van der Waals surface area (Å²) in [4.78, 5) is 16.2. The van der Waals surface area contributed by atoms with Crippen LogP contribution in [0.4, 0.5) is 0 Å². The standard InChI is InChI=1S/C15H18N2O2/c1-3-19-15(18)14(10-7-11-16)17-12(2)13-8-5-4-6-9-13/h4-6,8-9,14H,3,7,10H2,1-2H3/b17-12-. The Morgan fingerprint density at radius 2 is 2.11 bits per heavy atom. The first-order valence-corrected chi connectivity index (χ1v) is 6.32. The highest BCUT2D eigenvalue weighted by Crippen LogP contribution is 2.09. The molecule has 1 rings (SSSR count). The molecule has 0 aliphatic carbocycles. The zero-order valence-electron chi connectivity index (χ0n) is 11.3. The number of carbonyl (C=O) groups excluding carboxylic acids is 1. The molecule has 0 fully saturated rings. The summed E-state index contributed by atoms with van der Waals surface area (Å²) < 4.78 is 4.98. The van der Waals surface area contributed by atoms with Gasteiger partial charge >= 0.3 is 5.97 Å². The summed E-state index contributed by atoms with van der Waals surface area (Å²) in [6.07, 6.45) is 0.675. The maximum Gasteiger partial charge on any atom is 0.330 e. The molecule has 0 bridgehead atoms. The number of aliphatic imine (C=N–C) groups is 1. The van der Waals surface area contributed by atoms with Crippen molar-refractivity contribution < 1.29 is 9.53 Å². The summed E-state index contributed by atoms with van der Waals surface area (Å²) >= 11 is 0. The molecule has 0 spiro atoms. The predicted molar refractivity (Wildman–Crippen MR) is 73.9 cm³/mol. The van der Waals surface area contributed by atoms with E-state index >= 15 is 0 Å². The van der Waals surface area contributed by atoms with Crippen LogP contribution in [0.5, 0.6) is 0 Å². The number of benzene rings is 1. The Morgan fingerprint density at radius 1 is 1.42 bits per heavy atom. The van der Waals surface area contributed by atoms with Gasteiger partial charge in [-0.05, 0) is 25.8 Å². The highest BCUT2D eigenvalue weighted by atomic mass is 16.5. The zero-order chi connectivity index (χ0) is 14.1. The molecule has 0 aromatic heterocycles. The Kier molecular flexibility index (Phi) is 6.31. The molecule has 100 valence electrons. The first-order valence-electron chi connectivity index (χ1n) is 6.32. The van der Waals surface area contributed by atoms with Crippen LogP contribution in [0.15, 0.2) is 35.3 Å². The Hall–Kier alpha value is -2.15. The van der Waals surface area contributed by atoms with Gasteiger partial charge in [0.15, 0.2) is 0 Å². The van der Waals surface area contributed by atoms with Crippen LogP contribution < -0.4 is 0 Å². The monoisotopic (exact) mass is 258 g/mol. The first-order chi connectivity index (χ1) is 9.19. The van der Waals surface area contributed by atoms with Crippen LogP contribution in [0.3, 0.4) is 0 Å². The van der Waals surface area contributed by atoms with E-state index < -0.39 is 6.04 Å². The van der Waals surface area contributed by atoms with E-state index in [2.05, 4.69) is 4.99 Å². The molecule has 1 aromatic rings. The minimum absolute atomic E-state index is 0.287. The van der Waals surface area contributed by atoms with E-state index in [-0.39, 0.29) is 12.4 Å². The topological polar surface area (TPSA) is 62.5 Å². The van der Waals surface area contributed by atoms with Crippen molar-refractivity contribution in [3.05, 3.63) is 35.9 Å². The molecule has 1 unspecified atom stereocenters. The fourth-order valence-corrected chi connectivity index (χ4v) is 1.66. The van der Waals surface area contributed by atoms with Crippen LogP contribution in [0.2, 0.25) is 0 Å². The third kappa shape index (κ3) is 4.92. The molecule has 0 radical (unpaired) electrons. The Morgan fingerprint density at radius 3 is 2.68 bits per heavy atom. The summed E-state index contributed by atoms with van der Waals surface area (Å²) in [5.41, 5.74) is 1.74. The molecule has 0 saturated carbocycles. The van der Waals surface area contributed by atoms with Gasteiger partial charge in [0, 0.05) is 12.1 Å². The molecule has 19 heavy (non-hydrogen) atoms. The van der Waals surface area contributed by atoms with Crippen molar-refractivity contribution in [1.82, 2.24) is 0 Å². The van der Waals surface area contributed by atoms with E-state index in [1.165, 1.54) is 0 Å². The van der Waals surface area contributed by atoms with Gasteiger partial charge in [0.05, 0.1) is 12.7 Å². The van der Waals surface area contributed by atoms with Crippen LogP contribution in [0.1, 0.15) is 32.3 Å². The molecular formula is C15H18N2O2. The second-order valence-corrected chi connectivity index (χ2v) is 4.05. The van der Waals surface area contributed by atoms with Gasteiger partial charge < -0.3 is 4.74 Å². The molecule has 0 aliphatic rings. The van der Waals surface area contributed by atoms with Crippen molar-refractivity contribution in [1.29, 1.82) is 5.26 Å². The maximum atomic E-state index is 11.8. The summed E-state index contributed by atoms with van der Waals surface area (Å²) in [7, 11) is 0. The average molecular weight is 258 g/mol. The molecular weight excluding hydrogens is 240 g/mol. The lowest BCUT2D eigenvalue weighted by atomic mass is 10.1. The summed E-state index contributed by atoms with van der Waals surface area (Å²) in [6, 6.07) is 11.1. The van der Waals surface area contributed by atoms with Crippen molar-refractivity contribution in [2.75, 3.05) is 6.61 Å². The number of ether oxygens (including phenoxy) is 1. The lowest BCUT2D eigenvalue weighted by Gasteiger charge is -2.11. The van der Waals surface area contributed by atoms with Gasteiger partial charge in [-0.2, -0.15) is 5.26 Å². The summed E-state index contributed by atoms with van der Waals surface area (Å²) in [6.45, 7) is 3.93. The largest absolute Gasteiger partial charge is 0.464 e. The first kappa shape index (κ1) is 14.9. The number of nitrogens with zero attached hydrogens (tertiary/aromatic N) is 2. The quantitative estimate of drug-likeness (QED) is 0.582. The molecule has 0 N–H and O–H groups in total. The Balaban J connectivity index is 2.86. The van der Waals surface area contributed by atoms with E-state index in [9.17, 15) is 4.79 Å². The second-order valence-electron chi connectivity index (χ2n) is 4.05. The lowest BCUT2D eigenvalue weighted by molar-refractivity contribution is -0.144. The van der Waals surface area contributed by atoms with Gasteiger partial charge in [-0.1, -0.05) is 30.3 Å². The van der Waals surface area contributed by atoms with E-state index in [1.807, 2.05) is 43.3 Å². The summed E-state index contributed by atoms with van der Waals surface area (Å²) in [5, 5.41) is 8.63. The van der Waals surface area contributed by atoms with Crippen molar-refractivity contribution in [2.45, 2.75) is 32.7 Å². The van der Waals surface area contributed by atoms with E-state index in [1.54, 1.807) is 6.92 Å². The summed E-state index contributed by atoms with van der Waals surface area (Å²) in [5.74, 6) is -0.368. The van der Waals surface area contributed by atoms with Crippen molar-refractivity contribution >= 4 is 11.7 Å². The zero-order valence-corrected chi connectivity index (χ0v) is 11.3. The average Bonchev–Trinajstić information content (AvgIpc) is 2.44. The van der Waals surface area contributed by atoms with Gasteiger partial charge in [0.2, 0.25) is 0 Å². The van der Waals surface area contributed by atoms with Gasteiger partial charge in [-0.15, -0.1) is 0 Å². The van der Waals surface area contributed by atoms with Crippen LogP contribution >= 0.6 is 0 Å². The van der Waals surface area contributed by atoms with Crippen LogP contribution in [0, 0.1) is 11.3 Å². The molecule has 0 amide bonds. The predicted octanol–water partition coefficient (Wildman–Crippen LogP) is 2.73. The number of hydrogen-bond donors (Lipinski definition) is 0. The number of carbonyl (C=O) groups is 1. The fraction of sp³-hybridized carbons (Fsp3) is 0.400. The molecule has 0 aliphatic heterocycles. The van der Waals surface area contributed by atoms with Crippen molar-refractivity contribution in [2.24, 2.45) is 4.99 Å². The lowest BCUT2D eigenvalue weighted by Crippen LogP contribution is -2.23. The van der Waals surface area contributed by atoms with Crippen LogP contribution in [-0.4, -0.2) is 24.3 Å². The van der Waals surface area contributed by atoms with E-state index in [4.69, 9.17) is 10.00 Å². The fourth-order valence-electron chi connectivity index (χ4n) is 1.66. The number of hydrogen-bond acceptors (Lipinski definition) is 4. The van der Waals surface area contributed by atoms with Crippen molar-refractivity contribution in [3.63, 3.8) is 0 Å². The van der Waals surface area contributed by atoms with Gasteiger partial charge in [-0.25, -0.2) is 4.79 Å². The SMILES string of the molecule is CCOC(=O)C(CCC#N)/N=C(/C)c1ccccc1. The van der Waals surface area contributed by atoms with Crippen LogP contribution in [-0.2, 0) is 9.53 Å². The van der Waals surface area contributed by atoms with Crippen LogP contribution in [0.25, 0.3) is 0 Å². The highest BCUT2D eigenvalue weighted by molar-refractivity contribution is 5.99. The number of rotatable bonds is 6. The smallest absolute Gasteiger partial charge is 0.330 e. The molecule has 1 aromatic carbocycles. The van der Waals surface area contributed by atoms with E-state index in [0.29, 0.717) is 13.0 Å². The Labute approximate surface area is 113 Å². The minimum atomic E-state index is -0.597. The Bertz CT molecular complexity index is 475.